The SMILES string of the molecule is CCOCCOCCNC(=O)NCCCCNC(=O)NCCOCC(NS(=O)(=O)c1cccc(O[C@H]2c3cc(Cl)cc(Cl)c3C[C@@H]2N2CCC[C@@H](N)C2)c1Cl)OCCc1cccc(S(N)(=O)=O)c1Cl. The van der Waals surface area contributed by atoms with Gasteiger partial charge in [-0.05, 0) is 93.5 Å². The van der Waals surface area contributed by atoms with Crippen molar-refractivity contribution in [2.45, 2.75) is 79.7 Å². The second kappa shape index (κ2) is 28.1. The molecule has 1 aliphatic heterocycles. The summed E-state index contributed by atoms with van der Waals surface area (Å²) in [7, 11) is -8.57. The zero-order valence-electron chi connectivity index (χ0n) is 38.3. The van der Waals surface area contributed by atoms with Gasteiger partial charge >= 0.3 is 12.1 Å². The Kier molecular flexibility index (Phi) is 23.1. The third kappa shape index (κ3) is 17.8. The second-order valence-electron chi connectivity index (χ2n) is 16.2. The average Bonchev–Trinajstić information content (AvgIpc) is 3.65. The van der Waals surface area contributed by atoms with E-state index in [1.165, 1.54) is 24.3 Å². The Morgan fingerprint density at radius 1 is 0.812 bits per heavy atom. The highest BCUT2D eigenvalue weighted by Crippen LogP contribution is 2.45. The van der Waals surface area contributed by atoms with Gasteiger partial charge in [-0.2, -0.15) is 4.72 Å². The molecule has 19 nitrogen and oxygen atoms in total. The number of piperidine rings is 1. The van der Waals surface area contributed by atoms with E-state index in [2.05, 4.69) is 30.9 Å². The van der Waals surface area contributed by atoms with Crippen LogP contribution in [0.5, 0.6) is 5.75 Å². The summed E-state index contributed by atoms with van der Waals surface area (Å²) in [5.41, 5.74) is 8.41. The third-order valence-electron chi connectivity index (χ3n) is 11.1. The minimum Gasteiger partial charge on any atom is -0.482 e. The van der Waals surface area contributed by atoms with Gasteiger partial charge in [-0.25, -0.2) is 31.6 Å². The van der Waals surface area contributed by atoms with Gasteiger partial charge in [0.15, 0.2) is 0 Å². The Balaban J connectivity index is 1.17. The summed E-state index contributed by atoms with van der Waals surface area (Å²) in [6.07, 6.45) is 1.74. The number of urea groups is 2. The summed E-state index contributed by atoms with van der Waals surface area (Å²) in [6.45, 7) is 5.99. The maximum absolute atomic E-state index is 14.2. The molecular formula is C44H62Cl4N8O11S2. The Hall–Kier alpha value is -3.26. The number of ether oxygens (including phenoxy) is 5. The van der Waals surface area contributed by atoms with E-state index in [9.17, 15) is 26.4 Å². The maximum atomic E-state index is 14.2. The molecule has 1 fully saturated rings. The first kappa shape index (κ1) is 56.7. The quantitative estimate of drug-likeness (QED) is 0.0384. The zero-order valence-corrected chi connectivity index (χ0v) is 42.9. The number of nitrogens with one attached hydrogen (secondary N) is 5. The lowest BCUT2D eigenvalue weighted by Gasteiger charge is -2.38. The molecule has 3 aromatic carbocycles. The molecule has 25 heteroatoms. The van der Waals surface area contributed by atoms with Crippen LogP contribution in [0, 0.1) is 0 Å². The van der Waals surface area contributed by atoms with E-state index >= 15 is 0 Å². The molecule has 9 N–H and O–H groups in total. The summed E-state index contributed by atoms with van der Waals surface area (Å²) in [5, 5.41) is 16.8. The number of amides is 4. The van der Waals surface area contributed by atoms with Crippen LogP contribution in [0.3, 0.4) is 0 Å². The number of sulfonamides is 2. The van der Waals surface area contributed by atoms with Gasteiger partial charge in [0.25, 0.3) is 0 Å². The van der Waals surface area contributed by atoms with E-state index in [1.807, 2.05) is 6.92 Å². The summed E-state index contributed by atoms with van der Waals surface area (Å²) in [5.74, 6) is 0.105. The minimum absolute atomic E-state index is 0.0179. The lowest BCUT2D eigenvalue weighted by molar-refractivity contribution is -0.0198. The van der Waals surface area contributed by atoms with Gasteiger partial charge in [0, 0.05) is 61.0 Å². The highest BCUT2D eigenvalue weighted by atomic mass is 35.5. The molecule has 1 unspecified atom stereocenters. The van der Waals surface area contributed by atoms with Gasteiger partial charge in [0.1, 0.15) is 32.9 Å². The van der Waals surface area contributed by atoms with E-state index in [-0.39, 0.29) is 76.5 Å². The number of unbranched alkanes of at least 4 members (excludes halogenated alkanes) is 1. The van der Waals surface area contributed by atoms with Crippen LogP contribution in [-0.2, 0) is 51.8 Å². The molecule has 4 atom stereocenters. The molecular weight excluding hydrogens is 1020 g/mol. The largest absolute Gasteiger partial charge is 0.482 e. The standard InChI is InChI=1S/C44H62Cl4N8O11S2/c1-2-63-22-23-64-20-16-53-43(57)51-14-3-4-15-52-44(58)54-17-21-65-28-39(66-19-13-29-8-5-11-37(40(29)47)68(50,59)60)55-69(61,62)38-12-6-10-36(41(38)48)67-42-33-24-30(45)25-34(46)32(33)26-35(42)56-18-7-9-31(49)27-56/h5-6,8,10-12,24-25,31,35,39,42,55H,2-4,7,9,13-23,26-28,49H2,1H3,(H2,50,59,60)(H2,51,53,57)(H2,52,54,58)/t31-,35+,39?,42+/m1/s1. The number of carbonyl (C=O) groups excluding carboxylic acids is 2. The molecule has 3 aromatic rings. The van der Waals surface area contributed by atoms with Crippen molar-refractivity contribution in [3.05, 3.63) is 85.3 Å². The molecule has 1 aliphatic carbocycles. The van der Waals surface area contributed by atoms with Crippen LogP contribution < -0.4 is 41.6 Å². The number of hydrogen-bond donors (Lipinski definition) is 7. The molecule has 0 bridgehead atoms. The lowest BCUT2D eigenvalue weighted by atomic mass is 10.0. The molecule has 4 amide bonds. The molecule has 0 aromatic heterocycles. The Morgan fingerprint density at radius 2 is 1.46 bits per heavy atom. The van der Waals surface area contributed by atoms with Crippen LogP contribution in [0.4, 0.5) is 9.59 Å². The van der Waals surface area contributed by atoms with Crippen LogP contribution in [0.15, 0.2) is 58.3 Å². The van der Waals surface area contributed by atoms with Crippen molar-refractivity contribution in [2.24, 2.45) is 10.9 Å². The lowest BCUT2D eigenvalue weighted by Crippen LogP contribution is -2.49. The number of fused-ring (bicyclic) bond motifs is 1. The van der Waals surface area contributed by atoms with E-state index in [0.29, 0.717) is 87.5 Å². The molecule has 384 valence electrons. The van der Waals surface area contributed by atoms with Crippen molar-refractivity contribution in [3.63, 3.8) is 0 Å². The van der Waals surface area contributed by atoms with E-state index in [0.717, 1.165) is 30.5 Å². The summed E-state index contributed by atoms with van der Waals surface area (Å²) in [4.78, 5) is 26.1. The number of benzene rings is 3. The van der Waals surface area contributed by atoms with E-state index in [4.69, 9.17) is 81.0 Å². The number of nitrogens with zero attached hydrogens (tertiary/aromatic N) is 1. The van der Waals surface area contributed by atoms with Crippen molar-refractivity contribution in [1.82, 2.24) is 30.9 Å². The molecule has 1 saturated heterocycles. The summed E-state index contributed by atoms with van der Waals surface area (Å²) >= 11 is 26.4. The number of likely N-dealkylation sites (tertiary alicyclic amines) is 1. The highest BCUT2D eigenvalue weighted by molar-refractivity contribution is 7.89. The first-order valence-electron chi connectivity index (χ1n) is 22.6. The average molecular weight is 1080 g/mol. The predicted molar refractivity (Wildman–Crippen MR) is 264 cm³/mol. The monoisotopic (exact) mass is 1080 g/mol. The Labute approximate surface area is 424 Å². The van der Waals surface area contributed by atoms with Crippen LogP contribution in [0.2, 0.25) is 20.1 Å². The van der Waals surface area contributed by atoms with Crippen molar-refractivity contribution in [3.8, 4) is 5.75 Å². The number of hydrogen-bond acceptors (Lipinski definition) is 13. The predicted octanol–water partition coefficient (Wildman–Crippen LogP) is 4.73. The zero-order chi connectivity index (χ0) is 50.0. The van der Waals surface area contributed by atoms with Gasteiger partial charge in [-0.15, -0.1) is 0 Å². The van der Waals surface area contributed by atoms with Gasteiger partial charge < -0.3 is 50.7 Å². The van der Waals surface area contributed by atoms with Crippen molar-refractivity contribution in [1.29, 1.82) is 0 Å². The Morgan fingerprint density at radius 3 is 2.14 bits per heavy atom. The second-order valence-corrected chi connectivity index (χ2v) is 21.0. The minimum atomic E-state index is -4.45. The van der Waals surface area contributed by atoms with Crippen molar-refractivity contribution >= 4 is 78.5 Å². The number of rotatable bonds is 28. The summed E-state index contributed by atoms with van der Waals surface area (Å²) < 4.78 is 83.9. The van der Waals surface area contributed by atoms with Crippen LogP contribution >= 0.6 is 46.4 Å². The van der Waals surface area contributed by atoms with Gasteiger partial charge in [0.2, 0.25) is 20.0 Å². The van der Waals surface area contributed by atoms with Gasteiger partial charge in [-0.1, -0.05) is 64.6 Å². The molecule has 5 rings (SSSR count). The van der Waals surface area contributed by atoms with Crippen LogP contribution in [0.25, 0.3) is 0 Å². The number of primary sulfonamides is 1. The smallest absolute Gasteiger partial charge is 0.314 e. The van der Waals surface area contributed by atoms with Crippen molar-refractivity contribution in [2.75, 3.05) is 85.5 Å². The topological polar surface area (TPSA) is 264 Å². The fourth-order valence-electron chi connectivity index (χ4n) is 7.79. The first-order valence-corrected chi connectivity index (χ1v) is 27.2. The molecule has 1 heterocycles. The number of nitrogens with two attached hydrogens (primary N) is 2. The van der Waals surface area contributed by atoms with Crippen LogP contribution in [0.1, 0.15) is 55.4 Å². The van der Waals surface area contributed by atoms with Gasteiger partial charge in [-0.3, -0.25) is 4.90 Å². The molecule has 2 aliphatic rings. The normalized spacial score (nSPS) is 17.8. The van der Waals surface area contributed by atoms with Crippen LogP contribution in [-0.4, -0.2) is 138 Å². The van der Waals surface area contributed by atoms with E-state index in [1.54, 1.807) is 24.3 Å². The first-order chi connectivity index (χ1) is 33.0. The Bertz CT molecular complexity index is 2390. The number of halogens is 4. The number of carbonyl (C=O) groups is 2. The highest BCUT2D eigenvalue weighted by Gasteiger charge is 2.41. The molecule has 0 spiro atoms. The van der Waals surface area contributed by atoms with E-state index < -0.39 is 38.4 Å². The fourth-order valence-corrected chi connectivity index (χ4v) is 11.2. The maximum Gasteiger partial charge on any atom is 0.314 e. The van der Waals surface area contributed by atoms with Gasteiger partial charge in [0.05, 0.1) is 50.7 Å². The molecule has 0 radical (unpaired) electrons. The summed E-state index contributed by atoms with van der Waals surface area (Å²) in [6, 6.07) is 11.3. The molecule has 0 saturated carbocycles. The molecule has 69 heavy (non-hydrogen) atoms. The fraction of sp³-hybridized carbons (Fsp3) is 0.545. The van der Waals surface area contributed by atoms with Crippen molar-refractivity contribution < 1.29 is 50.1 Å². The third-order valence-corrected chi connectivity index (χ3v) is 15.2.